The lowest BCUT2D eigenvalue weighted by atomic mass is 10.2. The lowest BCUT2D eigenvalue weighted by Crippen LogP contribution is -2.30. The van der Waals surface area contributed by atoms with Crippen LogP contribution in [0.4, 0.5) is 11.4 Å². The number of thioether (sulfide) groups is 1. The van der Waals surface area contributed by atoms with Gasteiger partial charge in [0.2, 0.25) is 0 Å². The maximum atomic E-state index is 5.85. The van der Waals surface area contributed by atoms with E-state index in [2.05, 4.69) is 25.2 Å². The second-order valence-electron chi connectivity index (χ2n) is 3.94. The van der Waals surface area contributed by atoms with Crippen LogP contribution in [0.25, 0.3) is 0 Å². The normalized spacial score (nSPS) is 18.9. The van der Waals surface area contributed by atoms with E-state index in [1.165, 1.54) is 4.90 Å². The van der Waals surface area contributed by atoms with Gasteiger partial charge in [0.25, 0.3) is 0 Å². The zero-order chi connectivity index (χ0) is 9.47. The summed E-state index contributed by atoms with van der Waals surface area (Å²) in [6.45, 7) is 5.44. The molecule has 0 aromatic heterocycles. The molecule has 1 aromatic carbocycles. The number of hydrogen-bond acceptors (Lipinski definition) is 3. The maximum Gasteiger partial charge on any atom is 0.0712 e. The molecule has 0 fully saturated rings. The topological polar surface area (TPSA) is 38.0 Å². The average molecular weight is 194 g/mol. The number of benzene rings is 1. The van der Waals surface area contributed by atoms with Crippen LogP contribution in [-0.2, 0) is 0 Å². The van der Waals surface area contributed by atoms with Crippen molar-refractivity contribution in [1.29, 1.82) is 0 Å². The first-order chi connectivity index (χ1) is 6.08. The molecule has 2 nitrogen and oxygen atoms in total. The SMILES string of the molecule is CC1(C)CNc2c(N)cccc2S1. The van der Waals surface area contributed by atoms with Gasteiger partial charge in [0.15, 0.2) is 0 Å². The van der Waals surface area contributed by atoms with Gasteiger partial charge >= 0.3 is 0 Å². The Morgan fingerprint density at radius 3 is 3.00 bits per heavy atom. The number of nitrogens with one attached hydrogen (secondary N) is 1. The van der Waals surface area contributed by atoms with E-state index in [0.717, 1.165) is 17.9 Å². The van der Waals surface area contributed by atoms with E-state index < -0.39 is 0 Å². The first-order valence-corrected chi connectivity index (χ1v) is 5.21. The molecule has 70 valence electrons. The lowest BCUT2D eigenvalue weighted by molar-refractivity contribution is 0.739. The van der Waals surface area contributed by atoms with Crippen molar-refractivity contribution in [3.05, 3.63) is 18.2 Å². The van der Waals surface area contributed by atoms with Gasteiger partial charge in [-0.3, -0.25) is 0 Å². The maximum absolute atomic E-state index is 5.85. The third-order valence-corrected chi connectivity index (χ3v) is 3.39. The minimum absolute atomic E-state index is 0.265. The third kappa shape index (κ3) is 1.61. The molecule has 3 heteroatoms. The minimum Gasteiger partial charge on any atom is -0.397 e. The van der Waals surface area contributed by atoms with E-state index in [-0.39, 0.29) is 4.75 Å². The fourth-order valence-electron chi connectivity index (χ4n) is 1.46. The molecular formula is C10H14N2S. The number of rotatable bonds is 0. The smallest absolute Gasteiger partial charge is 0.0712 e. The number of hydrogen-bond donors (Lipinski definition) is 2. The van der Waals surface area contributed by atoms with E-state index in [9.17, 15) is 0 Å². The first kappa shape index (κ1) is 8.75. The Kier molecular flexibility index (Phi) is 1.91. The third-order valence-electron chi connectivity index (χ3n) is 2.14. The summed E-state index contributed by atoms with van der Waals surface area (Å²) in [7, 11) is 0. The van der Waals surface area contributed by atoms with Gasteiger partial charge in [-0.1, -0.05) is 6.07 Å². The highest BCUT2D eigenvalue weighted by Gasteiger charge is 2.26. The molecule has 0 bridgehead atoms. The monoisotopic (exact) mass is 194 g/mol. The fourth-order valence-corrected chi connectivity index (χ4v) is 2.64. The Labute approximate surface area is 82.9 Å². The molecule has 0 amide bonds. The van der Waals surface area contributed by atoms with Crippen molar-refractivity contribution in [2.24, 2.45) is 0 Å². The molecule has 1 aliphatic rings. The molecule has 0 atom stereocenters. The van der Waals surface area contributed by atoms with E-state index in [1.54, 1.807) is 0 Å². The van der Waals surface area contributed by atoms with Gasteiger partial charge < -0.3 is 11.1 Å². The van der Waals surface area contributed by atoms with Crippen LogP contribution in [0.5, 0.6) is 0 Å². The summed E-state index contributed by atoms with van der Waals surface area (Å²) in [5, 5.41) is 3.38. The first-order valence-electron chi connectivity index (χ1n) is 4.40. The molecule has 0 unspecified atom stereocenters. The van der Waals surface area contributed by atoms with E-state index in [1.807, 2.05) is 23.9 Å². The van der Waals surface area contributed by atoms with Crippen LogP contribution < -0.4 is 11.1 Å². The number of nitrogen functional groups attached to an aromatic ring is 1. The van der Waals surface area contributed by atoms with Crippen LogP contribution in [0.15, 0.2) is 23.1 Å². The van der Waals surface area contributed by atoms with Gasteiger partial charge in [-0.25, -0.2) is 0 Å². The summed E-state index contributed by atoms with van der Waals surface area (Å²) in [5.74, 6) is 0. The highest BCUT2D eigenvalue weighted by molar-refractivity contribution is 8.00. The molecule has 3 N–H and O–H groups in total. The predicted molar refractivity (Wildman–Crippen MR) is 59.3 cm³/mol. The highest BCUT2D eigenvalue weighted by Crippen LogP contribution is 2.43. The van der Waals surface area contributed by atoms with Gasteiger partial charge in [-0.2, -0.15) is 0 Å². The number of fused-ring (bicyclic) bond motifs is 1. The van der Waals surface area contributed by atoms with Crippen LogP contribution in [0, 0.1) is 0 Å². The van der Waals surface area contributed by atoms with Crippen molar-refractivity contribution >= 4 is 23.1 Å². The molecular weight excluding hydrogens is 180 g/mol. The summed E-state index contributed by atoms with van der Waals surface area (Å²) < 4.78 is 0.265. The van der Waals surface area contributed by atoms with Gasteiger partial charge in [0.1, 0.15) is 0 Å². The van der Waals surface area contributed by atoms with Gasteiger partial charge in [0, 0.05) is 16.2 Å². The number of nitrogens with two attached hydrogens (primary N) is 1. The van der Waals surface area contributed by atoms with Crippen LogP contribution in [-0.4, -0.2) is 11.3 Å². The summed E-state index contributed by atoms with van der Waals surface area (Å²) in [4.78, 5) is 1.26. The number of para-hydroxylation sites is 1. The van der Waals surface area contributed by atoms with Crippen molar-refractivity contribution in [2.45, 2.75) is 23.5 Å². The van der Waals surface area contributed by atoms with Crippen molar-refractivity contribution < 1.29 is 0 Å². The van der Waals surface area contributed by atoms with Gasteiger partial charge in [-0.15, -0.1) is 11.8 Å². The molecule has 0 aliphatic carbocycles. The molecule has 0 spiro atoms. The molecule has 0 saturated carbocycles. The van der Waals surface area contributed by atoms with Crippen LogP contribution in [0.3, 0.4) is 0 Å². The predicted octanol–water partition coefficient (Wildman–Crippen LogP) is 2.57. The van der Waals surface area contributed by atoms with Crippen molar-refractivity contribution in [1.82, 2.24) is 0 Å². The Morgan fingerprint density at radius 2 is 2.23 bits per heavy atom. The van der Waals surface area contributed by atoms with Crippen molar-refractivity contribution in [3.63, 3.8) is 0 Å². The zero-order valence-electron chi connectivity index (χ0n) is 7.92. The Balaban J connectivity index is 2.42. The molecule has 13 heavy (non-hydrogen) atoms. The lowest BCUT2D eigenvalue weighted by Gasteiger charge is -2.32. The molecule has 0 radical (unpaired) electrons. The van der Waals surface area contributed by atoms with E-state index >= 15 is 0 Å². The molecule has 1 aliphatic heterocycles. The quantitative estimate of drug-likeness (QED) is 0.623. The van der Waals surface area contributed by atoms with Crippen LogP contribution in [0.2, 0.25) is 0 Å². The second-order valence-corrected chi connectivity index (χ2v) is 5.68. The van der Waals surface area contributed by atoms with Crippen LogP contribution in [0.1, 0.15) is 13.8 Å². The molecule has 0 saturated heterocycles. The average Bonchev–Trinajstić information content (AvgIpc) is 2.02. The standard InChI is InChI=1S/C10H14N2S/c1-10(2)6-12-9-7(11)4-3-5-8(9)13-10/h3-5,12H,6,11H2,1-2H3. The molecule has 2 rings (SSSR count). The van der Waals surface area contributed by atoms with Crippen molar-refractivity contribution in [3.8, 4) is 0 Å². The van der Waals surface area contributed by atoms with Crippen LogP contribution >= 0.6 is 11.8 Å². The summed E-state index contributed by atoms with van der Waals surface area (Å²) in [5.41, 5.74) is 7.81. The van der Waals surface area contributed by atoms with Gasteiger partial charge in [-0.05, 0) is 26.0 Å². The highest BCUT2D eigenvalue weighted by atomic mass is 32.2. The Hall–Kier alpha value is -0.830. The Bertz CT molecular complexity index is 334. The number of anilines is 2. The van der Waals surface area contributed by atoms with E-state index in [4.69, 9.17) is 5.73 Å². The summed E-state index contributed by atoms with van der Waals surface area (Å²) >= 11 is 1.89. The minimum atomic E-state index is 0.265. The fraction of sp³-hybridized carbons (Fsp3) is 0.400. The molecule has 1 heterocycles. The van der Waals surface area contributed by atoms with Crippen molar-refractivity contribution in [2.75, 3.05) is 17.6 Å². The zero-order valence-corrected chi connectivity index (χ0v) is 8.74. The van der Waals surface area contributed by atoms with E-state index in [0.29, 0.717) is 0 Å². The largest absolute Gasteiger partial charge is 0.397 e. The molecule has 1 aromatic rings. The summed E-state index contributed by atoms with van der Waals surface area (Å²) in [6, 6.07) is 6.05. The van der Waals surface area contributed by atoms with Gasteiger partial charge in [0.05, 0.1) is 11.4 Å². The second kappa shape index (κ2) is 2.84. The summed E-state index contributed by atoms with van der Waals surface area (Å²) in [6.07, 6.45) is 0. The Morgan fingerprint density at radius 1 is 1.46 bits per heavy atom.